The summed E-state index contributed by atoms with van der Waals surface area (Å²) >= 11 is 2.21. The first-order valence-electron chi connectivity index (χ1n) is 3.14. The van der Waals surface area contributed by atoms with Gasteiger partial charge in [-0.2, -0.15) is 5.26 Å². The van der Waals surface area contributed by atoms with Gasteiger partial charge in [0, 0.05) is 3.57 Å². The first-order valence-corrected chi connectivity index (χ1v) is 4.22. The van der Waals surface area contributed by atoms with Crippen LogP contribution < -0.4 is 5.73 Å². The third-order valence-electron chi connectivity index (χ3n) is 1.37. The molecule has 0 radical (unpaired) electrons. The maximum absolute atomic E-state index is 8.48. The summed E-state index contributed by atoms with van der Waals surface area (Å²) in [6.07, 6.45) is 0. The summed E-state index contributed by atoms with van der Waals surface area (Å²) in [5.41, 5.74) is 6.35. The summed E-state index contributed by atoms with van der Waals surface area (Å²) in [5, 5.41) is 8.48. The fourth-order valence-corrected chi connectivity index (χ4v) is 1.10. The van der Waals surface area contributed by atoms with Gasteiger partial charge in [0.05, 0.1) is 6.07 Å². The third kappa shape index (κ3) is 2.17. The highest BCUT2D eigenvalue weighted by Crippen LogP contribution is 2.11. The minimum absolute atomic E-state index is 0.494. The molecule has 1 atom stereocenters. The Morgan fingerprint density at radius 1 is 1.36 bits per heavy atom. The van der Waals surface area contributed by atoms with Crippen molar-refractivity contribution in [3.05, 3.63) is 33.4 Å². The van der Waals surface area contributed by atoms with Crippen LogP contribution in [-0.2, 0) is 0 Å². The summed E-state index contributed by atoms with van der Waals surface area (Å²) in [4.78, 5) is 0. The van der Waals surface area contributed by atoms with Gasteiger partial charge in [-0.05, 0) is 40.3 Å². The number of rotatable bonds is 1. The lowest BCUT2D eigenvalue weighted by Gasteiger charge is -2.01. The van der Waals surface area contributed by atoms with E-state index in [-0.39, 0.29) is 0 Å². The lowest BCUT2D eigenvalue weighted by Crippen LogP contribution is -2.06. The quantitative estimate of drug-likeness (QED) is 0.781. The molecule has 56 valence electrons. The van der Waals surface area contributed by atoms with Gasteiger partial charge in [-0.1, -0.05) is 12.1 Å². The second kappa shape index (κ2) is 3.69. The van der Waals surface area contributed by atoms with Crippen molar-refractivity contribution in [3.8, 4) is 6.07 Å². The summed E-state index contributed by atoms with van der Waals surface area (Å²) in [6.45, 7) is 0. The molecule has 0 amide bonds. The van der Waals surface area contributed by atoms with E-state index in [2.05, 4.69) is 22.6 Å². The highest BCUT2D eigenvalue weighted by Gasteiger charge is 2.01. The molecule has 0 aliphatic rings. The van der Waals surface area contributed by atoms with E-state index in [1.807, 2.05) is 30.3 Å². The van der Waals surface area contributed by atoms with Gasteiger partial charge in [-0.15, -0.1) is 0 Å². The molecular formula is C8H7IN2. The minimum Gasteiger partial charge on any atom is -0.312 e. The molecule has 0 aliphatic carbocycles. The maximum Gasteiger partial charge on any atom is 0.118 e. The van der Waals surface area contributed by atoms with Crippen molar-refractivity contribution < 1.29 is 0 Å². The Labute approximate surface area is 79.2 Å². The third-order valence-corrected chi connectivity index (χ3v) is 2.09. The fourth-order valence-electron chi connectivity index (χ4n) is 0.745. The first-order chi connectivity index (χ1) is 5.24. The van der Waals surface area contributed by atoms with E-state index in [1.165, 1.54) is 0 Å². The van der Waals surface area contributed by atoms with Crippen LogP contribution in [0.5, 0.6) is 0 Å². The van der Waals surface area contributed by atoms with E-state index in [0.717, 1.165) is 9.13 Å². The van der Waals surface area contributed by atoms with Crippen molar-refractivity contribution in [3.63, 3.8) is 0 Å². The Bertz CT molecular complexity index is 273. The molecule has 3 heteroatoms. The normalized spacial score (nSPS) is 12.1. The largest absolute Gasteiger partial charge is 0.312 e. The van der Waals surface area contributed by atoms with Gasteiger partial charge in [-0.3, -0.25) is 0 Å². The summed E-state index contributed by atoms with van der Waals surface area (Å²) in [5.74, 6) is 0. The van der Waals surface area contributed by atoms with E-state index >= 15 is 0 Å². The summed E-state index contributed by atoms with van der Waals surface area (Å²) in [7, 11) is 0. The molecule has 0 saturated carbocycles. The molecule has 0 aromatic heterocycles. The average Bonchev–Trinajstić information content (AvgIpc) is 2.05. The molecule has 0 fully saturated rings. The monoisotopic (exact) mass is 258 g/mol. The zero-order valence-electron chi connectivity index (χ0n) is 5.79. The molecule has 0 bridgehead atoms. The average molecular weight is 258 g/mol. The molecule has 0 saturated heterocycles. The van der Waals surface area contributed by atoms with E-state index in [9.17, 15) is 0 Å². The van der Waals surface area contributed by atoms with Gasteiger partial charge in [0.25, 0.3) is 0 Å². The van der Waals surface area contributed by atoms with Gasteiger partial charge in [0.15, 0.2) is 0 Å². The van der Waals surface area contributed by atoms with E-state index < -0.39 is 6.04 Å². The van der Waals surface area contributed by atoms with Crippen molar-refractivity contribution in [1.82, 2.24) is 0 Å². The molecule has 2 N–H and O–H groups in total. The van der Waals surface area contributed by atoms with Crippen molar-refractivity contribution in [2.24, 2.45) is 5.73 Å². The Morgan fingerprint density at radius 3 is 2.36 bits per heavy atom. The van der Waals surface area contributed by atoms with Crippen LogP contribution in [0.25, 0.3) is 0 Å². The highest BCUT2D eigenvalue weighted by molar-refractivity contribution is 14.1. The van der Waals surface area contributed by atoms with Crippen LogP contribution in [0.15, 0.2) is 24.3 Å². The highest BCUT2D eigenvalue weighted by atomic mass is 127. The van der Waals surface area contributed by atoms with Crippen molar-refractivity contribution in [2.75, 3.05) is 0 Å². The van der Waals surface area contributed by atoms with Crippen LogP contribution >= 0.6 is 22.6 Å². The lowest BCUT2D eigenvalue weighted by atomic mass is 10.1. The zero-order valence-corrected chi connectivity index (χ0v) is 7.95. The molecule has 1 rings (SSSR count). The van der Waals surface area contributed by atoms with Gasteiger partial charge >= 0.3 is 0 Å². The van der Waals surface area contributed by atoms with Crippen LogP contribution in [0.3, 0.4) is 0 Å². The Morgan fingerprint density at radius 2 is 1.91 bits per heavy atom. The smallest absolute Gasteiger partial charge is 0.118 e. The number of nitriles is 1. The van der Waals surface area contributed by atoms with Crippen molar-refractivity contribution >= 4 is 22.6 Å². The molecule has 0 aliphatic heterocycles. The molecule has 1 aromatic rings. The molecule has 0 heterocycles. The van der Waals surface area contributed by atoms with Gasteiger partial charge < -0.3 is 5.73 Å². The lowest BCUT2D eigenvalue weighted by molar-refractivity contribution is 0.926. The standard InChI is InChI=1S/C8H7IN2/c9-7-3-1-6(2-4-7)8(11)5-10/h1-4,8H,11H2/t8-/m1/s1. The number of nitrogens with zero attached hydrogens (tertiary/aromatic N) is 1. The van der Waals surface area contributed by atoms with Gasteiger partial charge in [0.1, 0.15) is 6.04 Å². The van der Waals surface area contributed by atoms with E-state index in [4.69, 9.17) is 11.0 Å². The molecule has 2 nitrogen and oxygen atoms in total. The summed E-state index contributed by atoms with van der Waals surface area (Å²) in [6, 6.07) is 9.10. The molecular weight excluding hydrogens is 251 g/mol. The Kier molecular flexibility index (Phi) is 2.85. The second-order valence-corrected chi connectivity index (χ2v) is 3.40. The van der Waals surface area contributed by atoms with Crippen LogP contribution in [0.1, 0.15) is 11.6 Å². The summed E-state index contributed by atoms with van der Waals surface area (Å²) < 4.78 is 1.15. The minimum atomic E-state index is -0.494. The zero-order chi connectivity index (χ0) is 8.27. The van der Waals surface area contributed by atoms with Crippen LogP contribution in [0.4, 0.5) is 0 Å². The van der Waals surface area contributed by atoms with E-state index in [1.54, 1.807) is 0 Å². The topological polar surface area (TPSA) is 49.8 Å². The SMILES string of the molecule is N#C[C@@H](N)c1ccc(I)cc1. The first kappa shape index (κ1) is 8.50. The van der Waals surface area contributed by atoms with Gasteiger partial charge in [0.2, 0.25) is 0 Å². The fraction of sp³-hybridized carbons (Fsp3) is 0.125. The predicted octanol–water partition coefficient (Wildman–Crippen LogP) is 1.81. The van der Waals surface area contributed by atoms with Crippen molar-refractivity contribution in [1.29, 1.82) is 5.26 Å². The maximum atomic E-state index is 8.48. The number of halogens is 1. The number of benzene rings is 1. The van der Waals surface area contributed by atoms with Crippen molar-refractivity contribution in [2.45, 2.75) is 6.04 Å². The predicted molar refractivity (Wildman–Crippen MR) is 51.7 cm³/mol. The molecule has 11 heavy (non-hydrogen) atoms. The van der Waals surface area contributed by atoms with Crippen LogP contribution in [0.2, 0.25) is 0 Å². The number of hydrogen-bond donors (Lipinski definition) is 1. The second-order valence-electron chi connectivity index (χ2n) is 2.16. The van der Waals surface area contributed by atoms with Crippen LogP contribution in [-0.4, -0.2) is 0 Å². The molecule has 1 aromatic carbocycles. The number of nitrogens with two attached hydrogens (primary N) is 1. The molecule has 0 unspecified atom stereocenters. The van der Waals surface area contributed by atoms with E-state index in [0.29, 0.717) is 0 Å². The number of hydrogen-bond acceptors (Lipinski definition) is 2. The van der Waals surface area contributed by atoms with Crippen LogP contribution in [0, 0.1) is 14.9 Å². The molecule has 0 spiro atoms. The Balaban J connectivity index is 2.92. The van der Waals surface area contributed by atoms with Gasteiger partial charge in [-0.25, -0.2) is 0 Å². The Hall–Kier alpha value is -0.600.